The predicted octanol–water partition coefficient (Wildman–Crippen LogP) is 7.24. The minimum Gasteiger partial charge on any atom is -0.493 e. The standard InChI is InChI=1S/C19H21N5O3S.C19H21N3O3/c1-12-6-7-13(19(26)27)9-14(12)24-15(25)5-3-2-4-8-28-18-16-17(21-10-20-16)22-11-23-18;1-13-5-8-18(14(2)11-13)24-9-3-4-10-25-19(23)15-6-7-16-17(12-15)21-22-20-16/h6-7,9-11H,2-5,8H2,1H3,(H,24,25)(H,26,27)(H,20,21,22,23);5-8,11-12H,3-4,9-10H2,1-2H3,(H,20,21,22). The lowest BCUT2D eigenvalue weighted by molar-refractivity contribution is -0.116. The van der Waals surface area contributed by atoms with E-state index in [2.05, 4.69) is 53.7 Å². The fourth-order valence-electron chi connectivity index (χ4n) is 5.25. The second-order valence-electron chi connectivity index (χ2n) is 12.3. The first kappa shape index (κ1) is 38.4. The molecule has 0 aliphatic heterocycles. The number of nitrogens with one attached hydrogen (secondary N) is 3. The lowest BCUT2D eigenvalue weighted by Gasteiger charge is -2.10. The number of carbonyl (C=O) groups is 3. The van der Waals surface area contributed by atoms with Gasteiger partial charge < -0.3 is 24.9 Å². The number of amides is 1. The van der Waals surface area contributed by atoms with E-state index in [9.17, 15) is 14.4 Å². The zero-order chi connectivity index (χ0) is 37.6. The molecule has 0 saturated carbocycles. The maximum absolute atomic E-state index is 12.1. The van der Waals surface area contributed by atoms with Crippen molar-refractivity contribution >= 4 is 57.5 Å². The van der Waals surface area contributed by atoms with Crippen LogP contribution in [0.4, 0.5) is 5.69 Å². The molecule has 276 valence electrons. The number of benzene rings is 3. The Labute approximate surface area is 310 Å². The van der Waals surface area contributed by atoms with Crippen LogP contribution in [-0.2, 0) is 9.53 Å². The lowest BCUT2D eigenvalue weighted by Crippen LogP contribution is -2.12. The largest absolute Gasteiger partial charge is 0.493 e. The normalized spacial score (nSPS) is 10.8. The van der Waals surface area contributed by atoms with Gasteiger partial charge in [-0.05, 0) is 99.7 Å². The maximum atomic E-state index is 12.1. The highest BCUT2D eigenvalue weighted by atomic mass is 32.2. The van der Waals surface area contributed by atoms with Crippen molar-refractivity contribution in [2.24, 2.45) is 0 Å². The number of nitrogens with zero attached hydrogens (tertiary/aromatic N) is 5. The van der Waals surface area contributed by atoms with E-state index in [-0.39, 0.29) is 17.4 Å². The highest BCUT2D eigenvalue weighted by Gasteiger charge is 2.11. The van der Waals surface area contributed by atoms with Crippen molar-refractivity contribution < 1.29 is 29.0 Å². The molecular formula is C38H42N8O6S. The van der Waals surface area contributed by atoms with Gasteiger partial charge in [0.05, 0.1) is 30.7 Å². The van der Waals surface area contributed by atoms with E-state index in [4.69, 9.17) is 14.6 Å². The Hall–Kier alpha value is -5.83. The molecule has 0 atom stereocenters. The molecule has 53 heavy (non-hydrogen) atoms. The number of carbonyl (C=O) groups excluding carboxylic acids is 2. The van der Waals surface area contributed by atoms with Crippen LogP contribution in [-0.4, -0.2) is 77.3 Å². The highest BCUT2D eigenvalue weighted by molar-refractivity contribution is 7.99. The summed E-state index contributed by atoms with van der Waals surface area (Å²) >= 11 is 1.64. The first-order valence-electron chi connectivity index (χ1n) is 17.3. The number of carboxylic acid groups (broad SMARTS) is 1. The average molecular weight is 739 g/mol. The first-order chi connectivity index (χ1) is 25.7. The molecule has 6 rings (SSSR count). The minimum atomic E-state index is -1.01. The van der Waals surface area contributed by atoms with Crippen LogP contribution in [0.3, 0.4) is 0 Å². The van der Waals surface area contributed by atoms with Crippen molar-refractivity contribution in [1.29, 1.82) is 0 Å². The third-order valence-electron chi connectivity index (χ3n) is 8.15. The van der Waals surface area contributed by atoms with E-state index in [1.54, 1.807) is 42.4 Å². The topological polar surface area (TPSA) is 198 Å². The van der Waals surface area contributed by atoms with Gasteiger partial charge in [-0.15, -0.1) is 11.8 Å². The number of fused-ring (bicyclic) bond motifs is 2. The summed E-state index contributed by atoms with van der Waals surface area (Å²) in [5.41, 5.74) is 7.27. The van der Waals surface area contributed by atoms with Gasteiger partial charge in [-0.3, -0.25) is 4.79 Å². The Kier molecular flexibility index (Phi) is 13.9. The monoisotopic (exact) mass is 738 g/mol. The molecule has 15 heteroatoms. The van der Waals surface area contributed by atoms with Crippen molar-refractivity contribution in [2.45, 2.75) is 64.3 Å². The van der Waals surface area contributed by atoms with Gasteiger partial charge in [-0.1, -0.05) is 30.2 Å². The summed E-state index contributed by atoms with van der Waals surface area (Å²) in [6.07, 6.45) is 7.75. The number of esters is 1. The Morgan fingerprint density at radius 3 is 2.45 bits per heavy atom. The number of aryl methyl sites for hydroxylation is 3. The molecule has 0 spiro atoms. The summed E-state index contributed by atoms with van der Waals surface area (Å²) in [4.78, 5) is 50.7. The molecule has 0 aliphatic rings. The Balaban J connectivity index is 0.000000206. The number of aromatic carboxylic acids is 1. The second-order valence-corrected chi connectivity index (χ2v) is 13.4. The van der Waals surface area contributed by atoms with Crippen LogP contribution in [0.15, 0.2) is 72.3 Å². The molecule has 1 amide bonds. The molecule has 14 nitrogen and oxygen atoms in total. The van der Waals surface area contributed by atoms with E-state index in [0.29, 0.717) is 42.0 Å². The Bertz CT molecular complexity index is 2170. The molecule has 0 fully saturated rings. The number of imidazole rings is 1. The number of carboxylic acids is 1. The van der Waals surface area contributed by atoms with Gasteiger partial charge in [0.15, 0.2) is 5.65 Å². The van der Waals surface area contributed by atoms with E-state index in [1.807, 2.05) is 26.0 Å². The molecular weight excluding hydrogens is 697 g/mol. The molecule has 3 heterocycles. The van der Waals surface area contributed by atoms with Crippen LogP contribution in [0.25, 0.3) is 22.2 Å². The average Bonchev–Trinajstić information content (AvgIpc) is 3.83. The summed E-state index contributed by atoms with van der Waals surface area (Å²) in [6, 6.07) is 15.9. The third-order valence-corrected chi connectivity index (χ3v) is 9.22. The van der Waals surface area contributed by atoms with Gasteiger partial charge in [0.2, 0.25) is 5.91 Å². The Morgan fingerprint density at radius 2 is 1.62 bits per heavy atom. The number of H-pyrrole nitrogens is 2. The van der Waals surface area contributed by atoms with Crippen LogP contribution in [0.5, 0.6) is 5.75 Å². The first-order valence-corrected chi connectivity index (χ1v) is 18.2. The van der Waals surface area contributed by atoms with Gasteiger partial charge in [0, 0.05) is 12.1 Å². The summed E-state index contributed by atoms with van der Waals surface area (Å²) in [5, 5.41) is 23.2. The molecule has 4 N–H and O–H groups in total. The lowest BCUT2D eigenvalue weighted by atomic mass is 10.1. The fourth-order valence-corrected chi connectivity index (χ4v) is 6.21. The summed E-state index contributed by atoms with van der Waals surface area (Å²) in [6.45, 7) is 6.90. The van der Waals surface area contributed by atoms with Gasteiger partial charge in [-0.25, -0.2) is 24.5 Å². The van der Waals surface area contributed by atoms with Gasteiger partial charge in [0.25, 0.3) is 0 Å². The van der Waals surface area contributed by atoms with E-state index in [1.165, 1.54) is 24.0 Å². The van der Waals surface area contributed by atoms with Crippen LogP contribution >= 0.6 is 11.8 Å². The third kappa shape index (κ3) is 11.3. The van der Waals surface area contributed by atoms with Crippen molar-refractivity contribution in [3.8, 4) is 5.75 Å². The molecule has 0 aliphatic carbocycles. The van der Waals surface area contributed by atoms with Crippen LogP contribution < -0.4 is 10.1 Å². The number of anilines is 1. The van der Waals surface area contributed by atoms with Gasteiger partial charge in [0.1, 0.15) is 33.7 Å². The Morgan fingerprint density at radius 1 is 0.811 bits per heavy atom. The number of ether oxygens (including phenoxy) is 2. The van der Waals surface area contributed by atoms with Crippen LogP contribution in [0.1, 0.15) is 75.9 Å². The molecule has 0 radical (unpaired) electrons. The van der Waals surface area contributed by atoms with Gasteiger partial charge in [-0.2, -0.15) is 15.4 Å². The molecule has 0 unspecified atom stereocenters. The van der Waals surface area contributed by atoms with Crippen molar-refractivity contribution in [3.05, 3.63) is 95.1 Å². The maximum Gasteiger partial charge on any atom is 0.338 e. The number of unbranched alkanes of at least 4 members (excludes halogenated alkanes) is 3. The fraction of sp³-hybridized carbons (Fsp3) is 0.316. The van der Waals surface area contributed by atoms with Crippen molar-refractivity contribution in [1.82, 2.24) is 35.3 Å². The molecule has 3 aromatic carbocycles. The predicted molar refractivity (Wildman–Crippen MR) is 202 cm³/mol. The van der Waals surface area contributed by atoms with E-state index in [0.717, 1.165) is 70.8 Å². The van der Waals surface area contributed by atoms with Crippen LogP contribution in [0, 0.1) is 20.8 Å². The number of hydrogen-bond donors (Lipinski definition) is 4. The second kappa shape index (κ2) is 19.1. The molecule has 0 bridgehead atoms. The molecule has 0 saturated heterocycles. The van der Waals surface area contributed by atoms with Crippen molar-refractivity contribution in [3.63, 3.8) is 0 Å². The summed E-state index contributed by atoms with van der Waals surface area (Å²) in [7, 11) is 0. The number of aromatic amines is 2. The zero-order valence-electron chi connectivity index (χ0n) is 29.8. The zero-order valence-corrected chi connectivity index (χ0v) is 30.7. The number of aromatic nitrogens is 7. The molecule has 3 aromatic heterocycles. The number of thioether (sulfide) groups is 1. The van der Waals surface area contributed by atoms with E-state index >= 15 is 0 Å². The van der Waals surface area contributed by atoms with E-state index < -0.39 is 5.97 Å². The molecule has 6 aromatic rings. The van der Waals surface area contributed by atoms with Crippen molar-refractivity contribution in [2.75, 3.05) is 24.3 Å². The smallest absolute Gasteiger partial charge is 0.338 e. The summed E-state index contributed by atoms with van der Waals surface area (Å²) < 4.78 is 11.1. The van der Waals surface area contributed by atoms with Gasteiger partial charge >= 0.3 is 11.9 Å². The number of hydrogen-bond acceptors (Lipinski definition) is 11. The van der Waals surface area contributed by atoms with Crippen LogP contribution in [0.2, 0.25) is 0 Å². The highest BCUT2D eigenvalue weighted by Crippen LogP contribution is 2.24. The quantitative estimate of drug-likeness (QED) is 0.0337. The SMILES string of the molecule is Cc1ccc(C(=O)O)cc1NC(=O)CCCCCSc1ncnc2nc[nH]c12.Cc1ccc(OCCCCOC(=O)c2ccc3n[nH]nc3c2)c(C)c1. The minimum absolute atomic E-state index is 0.103. The number of rotatable bonds is 16. The summed E-state index contributed by atoms with van der Waals surface area (Å²) in [5.74, 6) is 0.341.